The molecular formula is C17H24O4. The van der Waals surface area contributed by atoms with Gasteiger partial charge in [0.05, 0.1) is 18.8 Å². The Labute approximate surface area is 126 Å². The minimum Gasteiger partial charge on any atom is -0.493 e. The van der Waals surface area contributed by atoms with Crippen LogP contribution in [0.25, 0.3) is 0 Å². The maximum Gasteiger partial charge on any atom is 0.305 e. The smallest absolute Gasteiger partial charge is 0.305 e. The Bertz CT molecular complexity index is 480. The van der Waals surface area contributed by atoms with E-state index >= 15 is 0 Å². The summed E-state index contributed by atoms with van der Waals surface area (Å²) in [5.74, 6) is 0.510. The summed E-state index contributed by atoms with van der Waals surface area (Å²) in [7, 11) is 0. The van der Waals surface area contributed by atoms with Crippen LogP contribution in [0.4, 0.5) is 0 Å². The van der Waals surface area contributed by atoms with E-state index in [1.807, 2.05) is 19.1 Å². The molecule has 1 rings (SSSR count). The molecule has 0 aliphatic rings. The Morgan fingerprint density at radius 1 is 1.14 bits per heavy atom. The van der Waals surface area contributed by atoms with Gasteiger partial charge in [-0.05, 0) is 57.7 Å². The van der Waals surface area contributed by atoms with Gasteiger partial charge >= 0.3 is 5.97 Å². The number of carbonyl (C=O) groups is 2. The van der Waals surface area contributed by atoms with Crippen molar-refractivity contribution in [2.45, 2.75) is 46.5 Å². The first-order valence-corrected chi connectivity index (χ1v) is 7.44. The average molecular weight is 292 g/mol. The second kappa shape index (κ2) is 9.16. The predicted octanol–water partition coefficient (Wildman–Crippen LogP) is 3.70. The Kier molecular flexibility index (Phi) is 7.51. The molecule has 4 nitrogen and oxygen atoms in total. The first-order valence-electron chi connectivity index (χ1n) is 7.44. The van der Waals surface area contributed by atoms with Crippen molar-refractivity contribution >= 4 is 11.8 Å². The normalized spacial score (nSPS) is 10.2. The molecule has 0 aliphatic heterocycles. The third-order valence-electron chi connectivity index (χ3n) is 3.10. The van der Waals surface area contributed by atoms with Gasteiger partial charge in [-0.1, -0.05) is 6.07 Å². The molecule has 21 heavy (non-hydrogen) atoms. The van der Waals surface area contributed by atoms with Gasteiger partial charge < -0.3 is 9.47 Å². The number of benzene rings is 1. The van der Waals surface area contributed by atoms with Gasteiger partial charge in [-0.2, -0.15) is 0 Å². The average Bonchev–Trinajstić information content (AvgIpc) is 2.42. The first kappa shape index (κ1) is 17.2. The second-order valence-electron chi connectivity index (χ2n) is 5.02. The van der Waals surface area contributed by atoms with Gasteiger partial charge in [0.1, 0.15) is 5.75 Å². The van der Waals surface area contributed by atoms with Crippen molar-refractivity contribution in [3.8, 4) is 5.75 Å². The molecule has 0 fully saturated rings. The molecule has 0 saturated carbocycles. The summed E-state index contributed by atoms with van der Waals surface area (Å²) in [6.07, 6.45) is 3.01. The predicted molar refractivity (Wildman–Crippen MR) is 81.8 cm³/mol. The van der Waals surface area contributed by atoms with E-state index in [0.29, 0.717) is 30.9 Å². The highest BCUT2D eigenvalue weighted by atomic mass is 16.5. The first-order chi connectivity index (χ1) is 10.0. The van der Waals surface area contributed by atoms with Crippen molar-refractivity contribution in [1.82, 2.24) is 0 Å². The van der Waals surface area contributed by atoms with Gasteiger partial charge in [-0.25, -0.2) is 0 Å². The standard InChI is InChI=1S/C17H24O4/c1-4-20-17(19)8-6-5-7-11-21-16-12-13(2)9-10-15(16)14(3)18/h9-10,12H,4-8,11H2,1-3H3. The molecule has 0 atom stereocenters. The molecule has 0 aliphatic carbocycles. The van der Waals surface area contributed by atoms with Gasteiger partial charge in [0.25, 0.3) is 0 Å². The molecule has 0 unspecified atom stereocenters. The lowest BCUT2D eigenvalue weighted by atomic mass is 10.1. The van der Waals surface area contributed by atoms with Crippen molar-refractivity contribution in [3.63, 3.8) is 0 Å². The molecule has 0 bridgehead atoms. The molecule has 0 spiro atoms. The quantitative estimate of drug-likeness (QED) is 0.395. The lowest BCUT2D eigenvalue weighted by molar-refractivity contribution is -0.143. The lowest BCUT2D eigenvalue weighted by Gasteiger charge is -2.10. The summed E-state index contributed by atoms with van der Waals surface area (Å²) < 4.78 is 10.6. The molecule has 0 aromatic heterocycles. The molecule has 116 valence electrons. The number of hydrogen-bond acceptors (Lipinski definition) is 4. The highest BCUT2D eigenvalue weighted by Crippen LogP contribution is 2.21. The number of hydrogen-bond donors (Lipinski definition) is 0. The maximum absolute atomic E-state index is 11.5. The summed E-state index contributed by atoms with van der Waals surface area (Å²) >= 11 is 0. The summed E-state index contributed by atoms with van der Waals surface area (Å²) in [6, 6.07) is 5.59. The lowest BCUT2D eigenvalue weighted by Crippen LogP contribution is -2.05. The van der Waals surface area contributed by atoms with Crippen LogP contribution in [-0.2, 0) is 9.53 Å². The van der Waals surface area contributed by atoms with Gasteiger partial charge in [-0.3, -0.25) is 9.59 Å². The van der Waals surface area contributed by atoms with E-state index in [1.54, 1.807) is 13.0 Å². The van der Waals surface area contributed by atoms with Crippen molar-refractivity contribution in [3.05, 3.63) is 29.3 Å². The van der Waals surface area contributed by atoms with E-state index in [4.69, 9.17) is 9.47 Å². The Morgan fingerprint density at radius 2 is 1.90 bits per heavy atom. The fourth-order valence-corrected chi connectivity index (χ4v) is 2.00. The van der Waals surface area contributed by atoms with Crippen LogP contribution in [0.5, 0.6) is 5.75 Å². The number of carbonyl (C=O) groups excluding carboxylic acids is 2. The Morgan fingerprint density at radius 3 is 2.57 bits per heavy atom. The monoisotopic (exact) mass is 292 g/mol. The molecule has 0 saturated heterocycles. The number of aryl methyl sites for hydroxylation is 1. The third kappa shape index (κ3) is 6.43. The fraction of sp³-hybridized carbons (Fsp3) is 0.529. The minimum atomic E-state index is -0.143. The zero-order valence-electron chi connectivity index (χ0n) is 13.1. The van der Waals surface area contributed by atoms with Crippen molar-refractivity contribution in [1.29, 1.82) is 0 Å². The van der Waals surface area contributed by atoms with Gasteiger partial charge in [-0.15, -0.1) is 0 Å². The zero-order chi connectivity index (χ0) is 15.7. The molecule has 0 heterocycles. The van der Waals surface area contributed by atoms with Crippen molar-refractivity contribution in [2.75, 3.05) is 13.2 Å². The molecule has 0 N–H and O–H groups in total. The van der Waals surface area contributed by atoms with E-state index in [-0.39, 0.29) is 11.8 Å². The summed E-state index contributed by atoms with van der Waals surface area (Å²) in [5.41, 5.74) is 1.68. The summed E-state index contributed by atoms with van der Waals surface area (Å²) in [5, 5.41) is 0. The zero-order valence-corrected chi connectivity index (χ0v) is 13.1. The van der Waals surface area contributed by atoms with Crippen LogP contribution in [0, 0.1) is 6.92 Å². The number of esters is 1. The summed E-state index contributed by atoms with van der Waals surface area (Å²) in [6.45, 7) is 6.29. The van der Waals surface area contributed by atoms with Crippen LogP contribution in [0.15, 0.2) is 18.2 Å². The maximum atomic E-state index is 11.5. The highest BCUT2D eigenvalue weighted by Gasteiger charge is 2.08. The van der Waals surface area contributed by atoms with Crippen LogP contribution in [-0.4, -0.2) is 25.0 Å². The van der Waals surface area contributed by atoms with E-state index in [9.17, 15) is 9.59 Å². The highest BCUT2D eigenvalue weighted by molar-refractivity contribution is 5.96. The SMILES string of the molecule is CCOC(=O)CCCCCOc1cc(C)ccc1C(C)=O. The molecular weight excluding hydrogens is 268 g/mol. The van der Waals surface area contributed by atoms with Gasteiger partial charge in [0.2, 0.25) is 0 Å². The fourth-order valence-electron chi connectivity index (χ4n) is 2.00. The number of ether oxygens (including phenoxy) is 2. The van der Waals surface area contributed by atoms with Crippen LogP contribution in [0.1, 0.15) is 55.5 Å². The van der Waals surface area contributed by atoms with Gasteiger partial charge in [0.15, 0.2) is 5.78 Å². The van der Waals surface area contributed by atoms with Gasteiger partial charge in [0, 0.05) is 6.42 Å². The van der Waals surface area contributed by atoms with E-state index in [0.717, 1.165) is 24.8 Å². The Balaban J connectivity index is 2.31. The number of Topliss-reactive ketones (excluding diaryl/α,β-unsaturated/α-hetero) is 1. The summed E-state index contributed by atoms with van der Waals surface area (Å²) in [4.78, 5) is 22.7. The van der Waals surface area contributed by atoms with Crippen molar-refractivity contribution in [2.24, 2.45) is 0 Å². The van der Waals surface area contributed by atoms with E-state index in [2.05, 4.69) is 0 Å². The van der Waals surface area contributed by atoms with Crippen LogP contribution >= 0.6 is 0 Å². The second-order valence-corrected chi connectivity index (χ2v) is 5.02. The van der Waals surface area contributed by atoms with Crippen LogP contribution in [0.2, 0.25) is 0 Å². The molecule has 4 heteroatoms. The van der Waals surface area contributed by atoms with Crippen LogP contribution in [0.3, 0.4) is 0 Å². The Hall–Kier alpha value is -1.84. The number of ketones is 1. The molecule has 1 aromatic carbocycles. The molecule has 0 amide bonds. The third-order valence-corrected chi connectivity index (χ3v) is 3.10. The largest absolute Gasteiger partial charge is 0.493 e. The molecule has 1 aromatic rings. The molecule has 0 radical (unpaired) electrons. The number of rotatable bonds is 9. The van der Waals surface area contributed by atoms with Crippen LogP contribution < -0.4 is 4.74 Å². The van der Waals surface area contributed by atoms with E-state index < -0.39 is 0 Å². The topological polar surface area (TPSA) is 52.6 Å². The number of unbranched alkanes of at least 4 members (excludes halogenated alkanes) is 2. The minimum absolute atomic E-state index is 0.00677. The van der Waals surface area contributed by atoms with E-state index in [1.165, 1.54) is 6.92 Å². The van der Waals surface area contributed by atoms with Crippen molar-refractivity contribution < 1.29 is 19.1 Å².